The van der Waals surface area contributed by atoms with Crippen molar-refractivity contribution in [1.29, 1.82) is 5.41 Å². The summed E-state index contributed by atoms with van der Waals surface area (Å²) in [7, 11) is 0. The van der Waals surface area contributed by atoms with Crippen molar-refractivity contribution < 1.29 is 5.21 Å². The van der Waals surface area contributed by atoms with E-state index in [4.69, 9.17) is 10.6 Å². The van der Waals surface area contributed by atoms with Crippen molar-refractivity contribution in [3.8, 4) is 0 Å². The molecule has 0 saturated heterocycles. The van der Waals surface area contributed by atoms with Gasteiger partial charge in [-0.3, -0.25) is 0 Å². The van der Waals surface area contributed by atoms with Gasteiger partial charge in [0.15, 0.2) is 0 Å². The molecular formula is C22H47N5O. The van der Waals surface area contributed by atoms with Crippen molar-refractivity contribution in [1.82, 2.24) is 16.0 Å². The molecule has 0 saturated carbocycles. The highest BCUT2D eigenvalue weighted by Crippen LogP contribution is 2.17. The van der Waals surface area contributed by atoms with Crippen molar-refractivity contribution in [3.05, 3.63) is 0 Å². The third-order valence-corrected chi connectivity index (χ3v) is 6.49. The molecule has 28 heavy (non-hydrogen) atoms. The standard InChI is InChI=1S/C22H47N5O/c1-9-22(8,10-2)26-16-13-20(11-14-24-18(4)17(3)23)12-15-25-21(6,7)19(5)27-28/h18,20,23-26,28H,9-16H2,1-8H3/b23-17?,27-19-. The monoisotopic (exact) mass is 397 g/mol. The predicted molar refractivity (Wildman–Crippen MR) is 122 cm³/mol. The van der Waals surface area contributed by atoms with Crippen LogP contribution >= 0.6 is 0 Å². The van der Waals surface area contributed by atoms with Crippen molar-refractivity contribution >= 4 is 11.4 Å². The lowest BCUT2D eigenvalue weighted by atomic mass is 9.92. The second kappa shape index (κ2) is 13.3. The topological polar surface area (TPSA) is 92.5 Å². The molecular weight excluding hydrogens is 350 g/mol. The summed E-state index contributed by atoms with van der Waals surface area (Å²) < 4.78 is 0. The maximum atomic E-state index is 9.05. The number of hydrogen-bond acceptors (Lipinski definition) is 6. The first-order chi connectivity index (χ1) is 13.0. The van der Waals surface area contributed by atoms with Gasteiger partial charge in [0.1, 0.15) is 0 Å². The van der Waals surface area contributed by atoms with Gasteiger partial charge in [-0.05, 0) is 99.2 Å². The van der Waals surface area contributed by atoms with Gasteiger partial charge in [0, 0.05) is 17.3 Å². The fourth-order valence-corrected chi connectivity index (χ4v) is 3.01. The molecule has 5 N–H and O–H groups in total. The fourth-order valence-electron chi connectivity index (χ4n) is 3.01. The van der Waals surface area contributed by atoms with E-state index in [1.54, 1.807) is 0 Å². The molecule has 2 atom stereocenters. The average molecular weight is 398 g/mol. The molecule has 0 aromatic carbocycles. The zero-order chi connectivity index (χ0) is 21.8. The first kappa shape index (κ1) is 27.0. The van der Waals surface area contributed by atoms with Crippen LogP contribution in [0, 0.1) is 11.3 Å². The zero-order valence-electron chi connectivity index (χ0n) is 19.7. The lowest BCUT2D eigenvalue weighted by Gasteiger charge is -2.30. The normalized spacial score (nSPS) is 15.5. The summed E-state index contributed by atoms with van der Waals surface area (Å²) in [4.78, 5) is 0. The Kier molecular flexibility index (Phi) is 12.8. The van der Waals surface area contributed by atoms with Crippen molar-refractivity contribution in [3.63, 3.8) is 0 Å². The molecule has 0 spiro atoms. The lowest BCUT2D eigenvalue weighted by molar-refractivity contribution is 0.299. The van der Waals surface area contributed by atoms with Crippen LogP contribution in [0.1, 0.15) is 87.5 Å². The first-order valence-corrected chi connectivity index (χ1v) is 11.0. The molecule has 166 valence electrons. The summed E-state index contributed by atoms with van der Waals surface area (Å²) in [5.74, 6) is 0.603. The molecule has 2 unspecified atom stereocenters. The Labute approximate surface area is 173 Å². The smallest absolute Gasteiger partial charge is 0.0734 e. The molecule has 6 nitrogen and oxygen atoms in total. The van der Waals surface area contributed by atoms with E-state index in [0.29, 0.717) is 17.3 Å². The van der Waals surface area contributed by atoms with Gasteiger partial charge in [-0.1, -0.05) is 19.0 Å². The molecule has 0 heterocycles. The molecule has 0 amide bonds. The van der Waals surface area contributed by atoms with Gasteiger partial charge in [-0.15, -0.1) is 0 Å². The van der Waals surface area contributed by atoms with Gasteiger partial charge >= 0.3 is 0 Å². The van der Waals surface area contributed by atoms with Crippen LogP contribution in [0.15, 0.2) is 5.16 Å². The second-order valence-electron chi connectivity index (χ2n) is 9.02. The Bertz CT molecular complexity index is 472. The van der Waals surface area contributed by atoms with Crippen molar-refractivity contribution in [2.24, 2.45) is 11.1 Å². The van der Waals surface area contributed by atoms with Crippen LogP contribution in [0.25, 0.3) is 0 Å². The van der Waals surface area contributed by atoms with Crippen LogP contribution in [-0.4, -0.2) is 53.4 Å². The third kappa shape index (κ3) is 10.5. The van der Waals surface area contributed by atoms with Gasteiger partial charge in [0.05, 0.1) is 11.3 Å². The van der Waals surface area contributed by atoms with Crippen LogP contribution < -0.4 is 16.0 Å². The lowest BCUT2D eigenvalue weighted by Crippen LogP contribution is -2.46. The van der Waals surface area contributed by atoms with Gasteiger partial charge in [-0.2, -0.15) is 0 Å². The molecule has 6 heteroatoms. The number of rotatable bonds is 16. The Hall–Kier alpha value is -0.980. The summed E-state index contributed by atoms with van der Waals surface area (Å²) >= 11 is 0. The van der Waals surface area contributed by atoms with Crippen LogP contribution in [-0.2, 0) is 0 Å². The molecule has 0 bridgehead atoms. The second-order valence-corrected chi connectivity index (χ2v) is 9.02. The minimum atomic E-state index is -0.301. The maximum absolute atomic E-state index is 9.05. The van der Waals surface area contributed by atoms with Crippen LogP contribution in [0.2, 0.25) is 0 Å². The summed E-state index contributed by atoms with van der Waals surface area (Å²) in [5.41, 5.74) is 1.31. The Morgan fingerprint density at radius 2 is 1.46 bits per heavy atom. The highest BCUT2D eigenvalue weighted by Gasteiger charge is 2.22. The number of nitrogens with zero attached hydrogens (tertiary/aromatic N) is 1. The van der Waals surface area contributed by atoms with E-state index in [1.165, 1.54) is 0 Å². The van der Waals surface area contributed by atoms with Crippen LogP contribution in [0.5, 0.6) is 0 Å². The summed E-state index contributed by atoms with van der Waals surface area (Å²) in [6, 6.07) is 0.141. The molecule has 0 aliphatic rings. The zero-order valence-corrected chi connectivity index (χ0v) is 19.7. The molecule has 0 aliphatic carbocycles. The van der Waals surface area contributed by atoms with Gasteiger partial charge < -0.3 is 26.6 Å². The maximum Gasteiger partial charge on any atom is 0.0734 e. The summed E-state index contributed by atoms with van der Waals surface area (Å²) in [5, 5.41) is 30.9. The average Bonchev–Trinajstić information content (AvgIpc) is 2.66. The summed E-state index contributed by atoms with van der Waals surface area (Å²) in [6.07, 6.45) is 5.61. The molecule has 0 fully saturated rings. The fraction of sp³-hybridized carbons (Fsp3) is 0.909. The van der Waals surface area contributed by atoms with Gasteiger partial charge in [0.25, 0.3) is 0 Å². The van der Waals surface area contributed by atoms with Crippen molar-refractivity contribution in [2.75, 3.05) is 19.6 Å². The minimum absolute atomic E-state index is 0.141. The molecule has 0 rings (SSSR count). The van der Waals surface area contributed by atoms with Crippen molar-refractivity contribution in [2.45, 2.75) is 105 Å². The largest absolute Gasteiger partial charge is 0.411 e. The third-order valence-electron chi connectivity index (χ3n) is 6.49. The van der Waals surface area contributed by atoms with E-state index in [2.05, 4.69) is 41.9 Å². The number of nitrogens with one attached hydrogen (secondary N) is 4. The predicted octanol–water partition coefficient (Wildman–Crippen LogP) is 4.18. The van der Waals surface area contributed by atoms with Gasteiger partial charge in [-0.25, -0.2) is 0 Å². The quantitative estimate of drug-likeness (QED) is 0.153. The van der Waals surface area contributed by atoms with E-state index in [0.717, 1.165) is 51.7 Å². The first-order valence-electron chi connectivity index (χ1n) is 11.0. The highest BCUT2D eigenvalue weighted by atomic mass is 16.4. The van der Waals surface area contributed by atoms with E-state index < -0.39 is 0 Å². The SMILES string of the molecule is CCC(C)(CC)NCCC(CCNC(C)C(C)=N)CCNC(C)(C)/C(C)=N\O. The number of oxime groups is 1. The van der Waals surface area contributed by atoms with E-state index in [1.807, 2.05) is 34.6 Å². The minimum Gasteiger partial charge on any atom is -0.411 e. The van der Waals surface area contributed by atoms with Crippen LogP contribution in [0.3, 0.4) is 0 Å². The van der Waals surface area contributed by atoms with Gasteiger partial charge in [0.2, 0.25) is 0 Å². The van der Waals surface area contributed by atoms with E-state index in [9.17, 15) is 0 Å². The molecule has 0 aromatic rings. The summed E-state index contributed by atoms with van der Waals surface area (Å²) in [6.45, 7) is 19.5. The van der Waals surface area contributed by atoms with Crippen LogP contribution in [0.4, 0.5) is 0 Å². The Morgan fingerprint density at radius 3 is 1.93 bits per heavy atom. The molecule has 0 aliphatic heterocycles. The van der Waals surface area contributed by atoms with E-state index >= 15 is 0 Å². The molecule has 0 aromatic heterocycles. The number of hydrogen-bond donors (Lipinski definition) is 5. The highest BCUT2D eigenvalue weighted by molar-refractivity contribution is 5.90. The Morgan fingerprint density at radius 1 is 0.964 bits per heavy atom. The molecule has 0 radical (unpaired) electrons. The van der Waals surface area contributed by atoms with E-state index in [-0.39, 0.29) is 17.1 Å². The Balaban J connectivity index is 4.64.